The molecular weight excluding hydrogens is 675 g/mol. The van der Waals surface area contributed by atoms with Gasteiger partial charge < -0.3 is 5.73 Å². The monoisotopic (exact) mass is 715 g/mol. The van der Waals surface area contributed by atoms with E-state index >= 15 is 0 Å². The molecule has 0 radical (unpaired) electrons. The summed E-state index contributed by atoms with van der Waals surface area (Å²) in [6.45, 7) is 2.14. The second-order valence-corrected chi connectivity index (χ2v) is 14.4. The van der Waals surface area contributed by atoms with Crippen molar-refractivity contribution in [1.82, 2.24) is 0 Å². The predicted molar refractivity (Wildman–Crippen MR) is 239 cm³/mol. The normalized spacial score (nSPS) is 11.0. The molecule has 0 aromatic heterocycles. The molecule has 9 aromatic rings. The average Bonchev–Trinajstić information content (AvgIpc) is 3.27. The van der Waals surface area contributed by atoms with E-state index in [4.69, 9.17) is 5.73 Å². The van der Waals surface area contributed by atoms with Gasteiger partial charge in [0.05, 0.1) is 0 Å². The van der Waals surface area contributed by atoms with Crippen molar-refractivity contribution in [1.29, 1.82) is 0 Å². The van der Waals surface area contributed by atoms with Gasteiger partial charge in [0.2, 0.25) is 0 Å². The van der Waals surface area contributed by atoms with Gasteiger partial charge in [0.1, 0.15) is 0 Å². The topological polar surface area (TPSA) is 26.0 Å². The summed E-state index contributed by atoms with van der Waals surface area (Å²) in [7, 11) is 0. The standard InChI is InChI=1S/C55H41N/c1-38-22-24-45(25-23-38)54-50(41-14-6-2-7-15-41)34-47(35-51(54)42-16-8-3-9-17-42)39-26-28-40(29-27-39)48-36-52(43-18-10-4-11-19-43)55(46-30-32-49(56)33-31-46)53(37-48)44-20-12-5-13-21-44/h2-37H,56H2,1H3. The molecule has 0 heterocycles. The predicted octanol–water partition coefficient (Wildman–Crippen LogP) is 14.9. The fraction of sp³-hybridized carbons (Fsp3) is 0.0182. The van der Waals surface area contributed by atoms with Gasteiger partial charge in [-0.3, -0.25) is 0 Å². The van der Waals surface area contributed by atoms with Crippen molar-refractivity contribution in [3.8, 4) is 89.0 Å². The van der Waals surface area contributed by atoms with E-state index in [1.165, 1.54) is 77.9 Å². The third-order valence-corrected chi connectivity index (χ3v) is 10.7. The number of nitrogens with two attached hydrogens (primary N) is 1. The summed E-state index contributed by atoms with van der Waals surface area (Å²) in [5, 5.41) is 0. The number of hydrogen-bond donors (Lipinski definition) is 1. The molecule has 1 heteroatoms. The lowest BCUT2D eigenvalue weighted by Gasteiger charge is -2.20. The van der Waals surface area contributed by atoms with Gasteiger partial charge in [-0.05, 0) is 132 Å². The van der Waals surface area contributed by atoms with Gasteiger partial charge in [0.15, 0.2) is 0 Å². The number of hydrogen-bond acceptors (Lipinski definition) is 1. The summed E-state index contributed by atoms with van der Waals surface area (Å²) in [6, 6.07) is 78.7. The molecule has 0 spiro atoms. The zero-order chi connectivity index (χ0) is 37.8. The van der Waals surface area contributed by atoms with Gasteiger partial charge in [0.25, 0.3) is 0 Å². The molecule has 0 atom stereocenters. The minimum absolute atomic E-state index is 0.754. The van der Waals surface area contributed by atoms with E-state index in [9.17, 15) is 0 Å². The molecule has 0 aliphatic carbocycles. The van der Waals surface area contributed by atoms with Crippen LogP contribution in [-0.4, -0.2) is 0 Å². The van der Waals surface area contributed by atoms with Crippen LogP contribution in [0.2, 0.25) is 0 Å². The Morgan fingerprint density at radius 1 is 0.250 bits per heavy atom. The minimum atomic E-state index is 0.754. The molecule has 0 saturated heterocycles. The van der Waals surface area contributed by atoms with Crippen molar-refractivity contribution >= 4 is 5.69 Å². The molecule has 56 heavy (non-hydrogen) atoms. The first kappa shape index (κ1) is 34.5. The van der Waals surface area contributed by atoms with Crippen molar-refractivity contribution in [2.45, 2.75) is 6.92 Å². The second kappa shape index (κ2) is 15.3. The summed E-state index contributed by atoms with van der Waals surface area (Å²) in [5.41, 5.74) is 27.2. The van der Waals surface area contributed by atoms with Gasteiger partial charge in [-0.2, -0.15) is 0 Å². The molecule has 0 amide bonds. The highest BCUT2D eigenvalue weighted by atomic mass is 14.5. The van der Waals surface area contributed by atoms with Crippen molar-refractivity contribution in [2.24, 2.45) is 0 Å². The van der Waals surface area contributed by atoms with Crippen LogP contribution in [0, 0.1) is 6.92 Å². The summed E-state index contributed by atoms with van der Waals surface area (Å²) in [4.78, 5) is 0. The summed E-state index contributed by atoms with van der Waals surface area (Å²) in [5.74, 6) is 0. The SMILES string of the molecule is Cc1ccc(-c2c(-c3ccccc3)cc(-c3ccc(-c4cc(-c5ccccc5)c(-c5ccc(N)cc5)c(-c5ccccc5)c4)cc3)cc2-c2ccccc2)cc1. The highest BCUT2D eigenvalue weighted by Crippen LogP contribution is 2.46. The Morgan fingerprint density at radius 2 is 0.518 bits per heavy atom. The zero-order valence-corrected chi connectivity index (χ0v) is 31.4. The van der Waals surface area contributed by atoms with E-state index in [0.29, 0.717) is 0 Å². The molecule has 0 unspecified atom stereocenters. The fourth-order valence-corrected chi connectivity index (χ4v) is 7.85. The van der Waals surface area contributed by atoms with Crippen LogP contribution in [0.4, 0.5) is 5.69 Å². The number of rotatable bonds is 8. The zero-order valence-electron chi connectivity index (χ0n) is 31.4. The maximum atomic E-state index is 6.17. The van der Waals surface area contributed by atoms with Crippen molar-refractivity contribution in [3.05, 3.63) is 224 Å². The Kier molecular flexibility index (Phi) is 9.41. The Bertz CT molecular complexity index is 2420. The van der Waals surface area contributed by atoms with Crippen LogP contribution in [0.1, 0.15) is 5.56 Å². The Hall–Kier alpha value is -7.22. The lowest BCUT2D eigenvalue weighted by atomic mass is 9.83. The molecule has 0 aliphatic rings. The third-order valence-electron chi connectivity index (χ3n) is 10.7. The summed E-state index contributed by atoms with van der Waals surface area (Å²) in [6.07, 6.45) is 0. The molecule has 0 fully saturated rings. The van der Waals surface area contributed by atoms with Crippen LogP contribution < -0.4 is 5.73 Å². The maximum Gasteiger partial charge on any atom is 0.0314 e. The van der Waals surface area contributed by atoms with Crippen LogP contribution in [0.3, 0.4) is 0 Å². The van der Waals surface area contributed by atoms with Crippen molar-refractivity contribution in [2.75, 3.05) is 5.73 Å². The highest BCUT2D eigenvalue weighted by Gasteiger charge is 2.19. The Morgan fingerprint density at radius 3 is 0.821 bits per heavy atom. The van der Waals surface area contributed by atoms with E-state index in [1.807, 2.05) is 12.1 Å². The summed E-state index contributed by atoms with van der Waals surface area (Å²) >= 11 is 0. The largest absolute Gasteiger partial charge is 0.399 e. The van der Waals surface area contributed by atoms with Gasteiger partial charge >= 0.3 is 0 Å². The maximum absolute atomic E-state index is 6.17. The molecule has 266 valence electrons. The van der Waals surface area contributed by atoms with Crippen LogP contribution in [0.25, 0.3) is 89.0 Å². The van der Waals surface area contributed by atoms with Crippen LogP contribution in [0.5, 0.6) is 0 Å². The smallest absolute Gasteiger partial charge is 0.0314 e. The van der Waals surface area contributed by atoms with E-state index in [-0.39, 0.29) is 0 Å². The van der Waals surface area contributed by atoms with Crippen LogP contribution >= 0.6 is 0 Å². The lowest BCUT2D eigenvalue weighted by molar-refractivity contribution is 1.46. The first-order chi connectivity index (χ1) is 27.6. The molecular formula is C55H41N. The third kappa shape index (κ3) is 6.95. The molecule has 9 aromatic carbocycles. The fourth-order valence-electron chi connectivity index (χ4n) is 7.85. The molecule has 9 rings (SSSR count). The van der Waals surface area contributed by atoms with Gasteiger partial charge in [-0.25, -0.2) is 0 Å². The Balaban J connectivity index is 1.22. The first-order valence-electron chi connectivity index (χ1n) is 19.2. The van der Waals surface area contributed by atoms with Crippen molar-refractivity contribution < 1.29 is 0 Å². The number of anilines is 1. The van der Waals surface area contributed by atoms with Crippen molar-refractivity contribution in [3.63, 3.8) is 0 Å². The quantitative estimate of drug-likeness (QED) is 0.156. The van der Waals surface area contributed by atoms with E-state index < -0.39 is 0 Å². The average molecular weight is 716 g/mol. The summed E-state index contributed by atoms with van der Waals surface area (Å²) < 4.78 is 0. The molecule has 0 aliphatic heterocycles. The van der Waals surface area contributed by atoms with E-state index in [0.717, 1.165) is 22.4 Å². The molecule has 1 nitrogen and oxygen atoms in total. The second-order valence-electron chi connectivity index (χ2n) is 14.4. The minimum Gasteiger partial charge on any atom is -0.399 e. The van der Waals surface area contributed by atoms with Gasteiger partial charge in [-0.1, -0.05) is 188 Å². The number of nitrogen functional groups attached to an aromatic ring is 1. The molecule has 2 N–H and O–H groups in total. The number of aryl methyl sites for hydroxylation is 1. The first-order valence-corrected chi connectivity index (χ1v) is 19.2. The molecule has 0 saturated carbocycles. The van der Waals surface area contributed by atoms with E-state index in [1.54, 1.807) is 0 Å². The Labute approximate surface area is 330 Å². The molecule has 0 bridgehead atoms. The van der Waals surface area contributed by atoms with Crippen LogP contribution in [-0.2, 0) is 0 Å². The van der Waals surface area contributed by atoms with E-state index in [2.05, 4.69) is 213 Å². The highest BCUT2D eigenvalue weighted by molar-refractivity contribution is 5.99. The van der Waals surface area contributed by atoms with Gasteiger partial charge in [0, 0.05) is 5.69 Å². The van der Waals surface area contributed by atoms with Gasteiger partial charge in [-0.15, -0.1) is 0 Å². The van der Waals surface area contributed by atoms with Crippen LogP contribution in [0.15, 0.2) is 218 Å². The number of benzene rings is 9. The lowest BCUT2D eigenvalue weighted by Crippen LogP contribution is -1.94.